The average molecular weight is 303 g/mol. The van der Waals surface area contributed by atoms with Crippen molar-refractivity contribution in [2.45, 2.75) is 6.92 Å². The van der Waals surface area contributed by atoms with Crippen LogP contribution in [0.4, 0.5) is 0 Å². The molecule has 4 aromatic rings. The van der Waals surface area contributed by atoms with Crippen molar-refractivity contribution in [3.05, 3.63) is 83.4 Å². The van der Waals surface area contributed by atoms with E-state index in [0.717, 1.165) is 5.02 Å². The second-order valence-corrected chi connectivity index (χ2v) is 6.14. The van der Waals surface area contributed by atoms with Crippen LogP contribution in [0.1, 0.15) is 5.56 Å². The van der Waals surface area contributed by atoms with E-state index in [9.17, 15) is 0 Å². The smallest absolute Gasteiger partial charge is 0.0412 e. The Labute approximate surface area is 135 Å². The van der Waals surface area contributed by atoms with E-state index in [-0.39, 0.29) is 0 Å². The molecule has 0 bridgehead atoms. The van der Waals surface area contributed by atoms with Crippen LogP contribution in [-0.2, 0) is 0 Å². The van der Waals surface area contributed by atoms with E-state index in [1.165, 1.54) is 38.2 Å². The highest BCUT2D eigenvalue weighted by atomic mass is 35.5. The van der Waals surface area contributed by atoms with Crippen LogP contribution in [0.5, 0.6) is 0 Å². The molecule has 0 unspecified atom stereocenters. The van der Waals surface area contributed by atoms with Crippen molar-refractivity contribution in [2.75, 3.05) is 0 Å². The van der Waals surface area contributed by atoms with Crippen LogP contribution in [0.2, 0.25) is 5.02 Å². The summed E-state index contributed by atoms with van der Waals surface area (Å²) in [6.45, 7) is 2.12. The Morgan fingerprint density at radius 2 is 1.41 bits per heavy atom. The zero-order valence-corrected chi connectivity index (χ0v) is 13.1. The summed E-state index contributed by atoms with van der Waals surface area (Å²) in [5.74, 6) is 0. The first-order chi connectivity index (χ1) is 10.7. The zero-order valence-electron chi connectivity index (χ0n) is 12.3. The van der Waals surface area contributed by atoms with Crippen molar-refractivity contribution >= 4 is 33.1 Å². The van der Waals surface area contributed by atoms with Crippen LogP contribution in [-0.4, -0.2) is 0 Å². The Morgan fingerprint density at radius 3 is 2.18 bits per heavy atom. The fourth-order valence-corrected chi connectivity index (χ4v) is 3.22. The lowest BCUT2D eigenvalue weighted by Gasteiger charge is -2.11. The van der Waals surface area contributed by atoms with E-state index >= 15 is 0 Å². The largest absolute Gasteiger partial charge is 0.0843 e. The molecular formula is C21H15Cl. The maximum atomic E-state index is 6.19. The van der Waals surface area contributed by atoms with Crippen molar-refractivity contribution in [2.24, 2.45) is 0 Å². The summed E-state index contributed by atoms with van der Waals surface area (Å²) in [6, 6.07) is 25.6. The summed E-state index contributed by atoms with van der Waals surface area (Å²) in [5, 5.41) is 5.72. The van der Waals surface area contributed by atoms with Gasteiger partial charge in [0.25, 0.3) is 0 Å². The highest BCUT2D eigenvalue weighted by Crippen LogP contribution is 2.35. The second kappa shape index (κ2) is 5.15. The fourth-order valence-electron chi connectivity index (χ4n) is 3.05. The number of benzene rings is 4. The number of aryl methyl sites for hydroxylation is 1. The molecule has 0 aliphatic rings. The SMILES string of the molecule is Cc1ccc(-c2cc3ccc(Cl)cc3c3ccccc23)cc1. The predicted molar refractivity (Wildman–Crippen MR) is 96.6 cm³/mol. The van der Waals surface area contributed by atoms with Crippen LogP contribution in [0, 0.1) is 6.92 Å². The van der Waals surface area contributed by atoms with Gasteiger partial charge in [-0.3, -0.25) is 0 Å². The molecule has 0 aliphatic carbocycles. The molecule has 106 valence electrons. The molecule has 0 nitrogen and oxygen atoms in total. The van der Waals surface area contributed by atoms with Crippen LogP contribution in [0.15, 0.2) is 72.8 Å². The molecule has 0 fully saturated rings. The van der Waals surface area contributed by atoms with Crippen LogP contribution in [0.3, 0.4) is 0 Å². The summed E-state index contributed by atoms with van der Waals surface area (Å²) >= 11 is 6.19. The average Bonchev–Trinajstić information content (AvgIpc) is 2.55. The molecule has 0 saturated carbocycles. The van der Waals surface area contributed by atoms with Crippen LogP contribution < -0.4 is 0 Å². The number of hydrogen-bond donors (Lipinski definition) is 0. The predicted octanol–water partition coefficient (Wildman–Crippen LogP) is 6.62. The van der Waals surface area contributed by atoms with Gasteiger partial charge in [0, 0.05) is 5.02 Å². The molecule has 4 rings (SSSR count). The van der Waals surface area contributed by atoms with Crippen LogP contribution in [0.25, 0.3) is 32.7 Å². The summed E-state index contributed by atoms with van der Waals surface area (Å²) in [6.07, 6.45) is 0. The van der Waals surface area contributed by atoms with Gasteiger partial charge in [-0.05, 0) is 57.8 Å². The van der Waals surface area contributed by atoms with Gasteiger partial charge in [0.05, 0.1) is 0 Å². The van der Waals surface area contributed by atoms with Gasteiger partial charge in [-0.2, -0.15) is 0 Å². The van der Waals surface area contributed by atoms with Gasteiger partial charge in [0.1, 0.15) is 0 Å². The first kappa shape index (κ1) is 13.4. The van der Waals surface area contributed by atoms with Gasteiger partial charge in [-0.25, -0.2) is 0 Å². The van der Waals surface area contributed by atoms with Gasteiger partial charge in [0.15, 0.2) is 0 Å². The zero-order chi connectivity index (χ0) is 15.1. The van der Waals surface area contributed by atoms with Crippen molar-refractivity contribution in [3.63, 3.8) is 0 Å². The Kier molecular flexibility index (Phi) is 3.13. The van der Waals surface area contributed by atoms with Crippen molar-refractivity contribution in [1.82, 2.24) is 0 Å². The number of hydrogen-bond acceptors (Lipinski definition) is 0. The summed E-state index contributed by atoms with van der Waals surface area (Å²) in [7, 11) is 0. The highest BCUT2D eigenvalue weighted by molar-refractivity contribution is 6.32. The molecule has 0 aliphatic heterocycles. The minimum Gasteiger partial charge on any atom is -0.0843 e. The Balaban J connectivity index is 2.13. The maximum Gasteiger partial charge on any atom is 0.0412 e. The molecule has 0 N–H and O–H groups in total. The minimum absolute atomic E-state index is 0.778. The van der Waals surface area contributed by atoms with E-state index in [2.05, 4.69) is 73.7 Å². The first-order valence-electron chi connectivity index (χ1n) is 7.40. The molecule has 0 radical (unpaired) electrons. The maximum absolute atomic E-state index is 6.19. The number of fused-ring (bicyclic) bond motifs is 3. The third-order valence-electron chi connectivity index (χ3n) is 4.19. The van der Waals surface area contributed by atoms with Crippen molar-refractivity contribution < 1.29 is 0 Å². The lowest BCUT2D eigenvalue weighted by molar-refractivity contribution is 1.47. The number of halogens is 1. The minimum atomic E-state index is 0.778. The van der Waals surface area contributed by atoms with E-state index in [0.29, 0.717) is 0 Å². The van der Waals surface area contributed by atoms with E-state index in [4.69, 9.17) is 11.6 Å². The van der Waals surface area contributed by atoms with Gasteiger partial charge in [-0.1, -0.05) is 71.8 Å². The monoisotopic (exact) mass is 302 g/mol. The molecule has 0 atom stereocenters. The quantitative estimate of drug-likeness (QED) is 0.346. The van der Waals surface area contributed by atoms with E-state index < -0.39 is 0 Å². The van der Waals surface area contributed by atoms with Gasteiger partial charge >= 0.3 is 0 Å². The Morgan fingerprint density at radius 1 is 0.682 bits per heavy atom. The van der Waals surface area contributed by atoms with Gasteiger partial charge < -0.3 is 0 Å². The van der Waals surface area contributed by atoms with Crippen molar-refractivity contribution in [1.29, 1.82) is 0 Å². The third kappa shape index (κ3) is 2.17. The fraction of sp³-hybridized carbons (Fsp3) is 0.0476. The van der Waals surface area contributed by atoms with E-state index in [1.54, 1.807) is 0 Å². The lowest BCUT2D eigenvalue weighted by atomic mass is 9.93. The van der Waals surface area contributed by atoms with Crippen LogP contribution >= 0.6 is 11.6 Å². The van der Waals surface area contributed by atoms with Gasteiger partial charge in [0.2, 0.25) is 0 Å². The normalized spacial score (nSPS) is 11.2. The number of rotatable bonds is 1. The first-order valence-corrected chi connectivity index (χ1v) is 7.78. The Hall–Kier alpha value is -2.31. The molecule has 1 heteroatoms. The molecule has 0 amide bonds. The summed E-state index contributed by atoms with van der Waals surface area (Å²) in [4.78, 5) is 0. The molecule has 0 heterocycles. The summed E-state index contributed by atoms with van der Waals surface area (Å²) in [5.41, 5.74) is 3.80. The molecule has 0 saturated heterocycles. The molecular weight excluding hydrogens is 288 g/mol. The Bertz CT molecular complexity index is 982. The summed E-state index contributed by atoms with van der Waals surface area (Å²) < 4.78 is 0. The molecule has 0 spiro atoms. The molecule has 22 heavy (non-hydrogen) atoms. The van der Waals surface area contributed by atoms with Gasteiger partial charge in [-0.15, -0.1) is 0 Å². The molecule has 0 aromatic heterocycles. The second-order valence-electron chi connectivity index (χ2n) is 5.70. The standard InChI is InChI=1S/C21H15Cl/c1-14-6-8-15(9-7-14)20-12-16-10-11-17(22)13-21(16)19-5-3-2-4-18(19)20/h2-13H,1H3. The third-order valence-corrected chi connectivity index (χ3v) is 4.42. The topological polar surface area (TPSA) is 0 Å². The highest BCUT2D eigenvalue weighted by Gasteiger charge is 2.08. The lowest BCUT2D eigenvalue weighted by Crippen LogP contribution is -1.85. The van der Waals surface area contributed by atoms with Crippen molar-refractivity contribution in [3.8, 4) is 11.1 Å². The van der Waals surface area contributed by atoms with E-state index in [1.807, 2.05) is 6.07 Å². The molecule has 4 aromatic carbocycles.